The van der Waals surface area contributed by atoms with Gasteiger partial charge in [-0.3, -0.25) is 0 Å². The molecule has 2 aromatic carbocycles. The molecule has 2 amide bonds. The molecule has 0 spiro atoms. The molecule has 0 aliphatic rings. The van der Waals surface area contributed by atoms with Crippen LogP contribution >= 0.6 is 24.2 Å². The average Bonchev–Trinajstić information content (AvgIpc) is 2.40. The lowest BCUT2D eigenvalue weighted by atomic mass is 10.2. The van der Waals surface area contributed by atoms with Gasteiger partial charge in [0.2, 0.25) is 0 Å². The Labute approximate surface area is 122 Å². The van der Waals surface area contributed by atoms with E-state index >= 15 is 0 Å². The Morgan fingerprint density at radius 1 is 1.11 bits per heavy atom. The first-order chi connectivity index (χ1) is 9.16. The molecule has 0 aromatic heterocycles. The maximum absolute atomic E-state index is 11.8. The minimum Gasteiger partial charge on any atom is -0.334 e. The van der Waals surface area contributed by atoms with E-state index in [1.165, 1.54) is 0 Å². The van der Waals surface area contributed by atoms with E-state index < -0.39 is 0 Å². The molecule has 2 aromatic rings. The lowest BCUT2D eigenvalue weighted by Crippen LogP contribution is -2.28. The van der Waals surface area contributed by atoms with Crippen molar-refractivity contribution in [3.63, 3.8) is 0 Å². The fourth-order valence-corrected chi connectivity index (χ4v) is 1.98. The van der Waals surface area contributed by atoms with E-state index in [1.54, 1.807) is 12.1 Å². The van der Waals surface area contributed by atoms with Gasteiger partial charge >= 0.3 is 6.03 Å². The molecule has 0 bridgehead atoms. The molecule has 19 heavy (non-hydrogen) atoms. The zero-order valence-electron chi connectivity index (χ0n) is 10.1. The zero-order chi connectivity index (χ0) is 13.7. The van der Waals surface area contributed by atoms with Gasteiger partial charge in [-0.05, 0) is 23.8 Å². The summed E-state index contributed by atoms with van der Waals surface area (Å²) in [5.41, 5.74) is 1.54. The zero-order valence-corrected chi connectivity index (χ0v) is 11.7. The molecule has 0 saturated heterocycles. The number of urea groups is 1. The van der Waals surface area contributed by atoms with Crippen molar-refractivity contribution in [1.82, 2.24) is 5.32 Å². The highest BCUT2D eigenvalue weighted by atomic mass is 35.5. The van der Waals surface area contributed by atoms with E-state index in [1.807, 2.05) is 36.4 Å². The van der Waals surface area contributed by atoms with Crippen molar-refractivity contribution < 1.29 is 4.79 Å². The Morgan fingerprint density at radius 3 is 2.53 bits per heavy atom. The predicted octanol–water partition coefficient (Wildman–Crippen LogP) is 3.95. The summed E-state index contributed by atoms with van der Waals surface area (Å²) < 4.78 is 0. The van der Waals surface area contributed by atoms with Crippen molar-refractivity contribution in [1.29, 1.82) is 0 Å². The van der Waals surface area contributed by atoms with Crippen molar-refractivity contribution in [3.8, 4) is 0 Å². The summed E-state index contributed by atoms with van der Waals surface area (Å²) in [6.07, 6.45) is 0. The number of hydrogen-bond acceptors (Lipinski definition) is 2. The molecule has 0 radical (unpaired) electrons. The number of para-hydroxylation sites is 1. The lowest BCUT2D eigenvalue weighted by Gasteiger charge is -2.10. The van der Waals surface area contributed by atoms with Crippen molar-refractivity contribution >= 4 is 35.9 Å². The second kappa shape index (κ2) is 6.50. The summed E-state index contributed by atoms with van der Waals surface area (Å²) in [6.45, 7) is 0.375. The van der Waals surface area contributed by atoms with Gasteiger partial charge < -0.3 is 10.6 Å². The highest BCUT2D eigenvalue weighted by Crippen LogP contribution is 2.18. The summed E-state index contributed by atoms with van der Waals surface area (Å²) in [6, 6.07) is 14.4. The second-order valence-corrected chi connectivity index (χ2v) is 4.81. The summed E-state index contributed by atoms with van der Waals surface area (Å²) in [5.74, 6) is 0. The molecular weight excluding hydrogens is 280 g/mol. The summed E-state index contributed by atoms with van der Waals surface area (Å²) in [4.78, 5) is 12.5. The fraction of sp³-hybridized carbons (Fsp3) is 0.0714. The molecule has 2 N–H and O–H groups in total. The van der Waals surface area contributed by atoms with Crippen molar-refractivity contribution in [2.24, 2.45) is 0 Å². The van der Waals surface area contributed by atoms with Crippen molar-refractivity contribution in [2.75, 3.05) is 5.32 Å². The standard InChI is InChI=1S/C14H13ClN2OS/c15-11-6-2-1-5-10(11)9-16-14(18)17-12-7-3-4-8-13(12)19/h1-8,19H,9H2,(H2,16,17,18). The molecule has 0 aliphatic heterocycles. The van der Waals surface area contributed by atoms with E-state index in [-0.39, 0.29) is 6.03 Å². The van der Waals surface area contributed by atoms with E-state index in [4.69, 9.17) is 11.6 Å². The topological polar surface area (TPSA) is 41.1 Å². The van der Waals surface area contributed by atoms with Gasteiger partial charge in [-0.1, -0.05) is 41.9 Å². The van der Waals surface area contributed by atoms with Crippen LogP contribution in [0.15, 0.2) is 53.4 Å². The molecule has 0 atom stereocenters. The first kappa shape index (κ1) is 13.8. The number of amides is 2. The van der Waals surface area contributed by atoms with Crippen LogP contribution in [0.2, 0.25) is 5.02 Å². The highest BCUT2D eigenvalue weighted by Gasteiger charge is 2.05. The third-order valence-corrected chi connectivity index (χ3v) is 3.31. The Kier molecular flexibility index (Phi) is 4.71. The fourth-order valence-electron chi connectivity index (χ4n) is 1.56. The number of benzene rings is 2. The van der Waals surface area contributed by atoms with Gasteiger partial charge in [-0.25, -0.2) is 4.79 Å². The number of carbonyl (C=O) groups excluding carboxylic acids is 1. The highest BCUT2D eigenvalue weighted by molar-refractivity contribution is 7.80. The molecule has 0 unspecified atom stereocenters. The van der Waals surface area contributed by atoms with Gasteiger partial charge in [0.15, 0.2) is 0 Å². The van der Waals surface area contributed by atoms with Crippen LogP contribution in [-0.2, 0) is 6.54 Å². The monoisotopic (exact) mass is 292 g/mol. The Morgan fingerprint density at radius 2 is 1.79 bits per heavy atom. The number of halogens is 1. The minimum absolute atomic E-state index is 0.290. The molecule has 0 saturated carbocycles. The number of carbonyl (C=O) groups is 1. The van der Waals surface area contributed by atoms with Gasteiger partial charge in [0, 0.05) is 16.5 Å². The molecule has 0 heterocycles. The Bertz CT molecular complexity index is 589. The molecule has 98 valence electrons. The van der Waals surface area contributed by atoms with Crippen LogP contribution in [0, 0.1) is 0 Å². The van der Waals surface area contributed by atoms with Gasteiger partial charge in [0.25, 0.3) is 0 Å². The maximum atomic E-state index is 11.8. The predicted molar refractivity (Wildman–Crippen MR) is 81.0 cm³/mol. The third kappa shape index (κ3) is 3.91. The number of rotatable bonds is 3. The van der Waals surface area contributed by atoms with E-state index in [0.29, 0.717) is 17.3 Å². The van der Waals surface area contributed by atoms with Crippen molar-refractivity contribution in [3.05, 3.63) is 59.1 Å². The summed E-state index contributed by atoms with van der Waals surface area (Å²) in [5, 5.41) is 6.11. The Hall–Kier alpha value is -1.65. The molecule has 2 rings (SSSR count). The first-order valence-corrected chi connectivity index (χ1v) is 6.55. The van der Waals surface area contributed by atoms with Crippen LogP contribution in [0.5, 0.6) is 0 Å². The van der Waals surface area contributed by atoms with Crippen LogP contribution in [0.3, 0.4) is 0 Å². The van der Waals surface area contributed by atoms with Gasteiger partial charge in [0.05, 0.1) is 5.69 Å². The molecule has 0 fully saturated rings. The Balaban J connectivity index is 1.92. The number of thiol groups is 1. The van der Waals surface area contributed by atoms with Gasteiger partial charge in [-0.15, -0.1) is 12.6 Å². The normalized spacial score (nSPS) is 10.0. The van der Waals surface area contributed by atoms with E-state index in [0.717, 1.165) is 10.5 Å². The van der Waals surface area contributed by atoms with Gasteiger partial charge in [-0.2, -0.15) is 0 Å². The van der Waals surface area contributed by atoms with Crippen LogP contribution < -0.4 is 10.6 Å². The molecule has 5 heteroatoms. The van der Waals surface area contributed by atoms with Crippen LogP contribution in [-0.4, -0.2) is 6.03 Å². The van der Waals surface area contributed by atoms with E-state index in [2.05, 4.69) is 23.3 Å². The first-order valence-electron chi connectivity index (χ1n) is 5.73. The largest absolute Gasteiger partial charge is 0.334 e. The SMILES string of the molecule is O=C(NCc1ccccc1Cl)Nc1ccccc1S. The lowest BCUT2D eigenvalue weighted by molar-refractivity contribution is 0.251. The molecule has 0 aliphatic carbocycles. The number of nitrogens with one attached hydrogen (secondary N) is 2. The number of hydrogen-bond donors (Lipinski definition) is 3. The van der Waals surface area contributed by atoms with Gasteiger partial charge in [0.1, 0.15) is 0 Å². The van der Waals surface area contributed by atoms with Crippen LogP contribution in [0.4, 0.5) is 10.5 Å². The average molecular weight is 293 g/mol. The van der Waals surface area contributed by atoms with Crippen molar-refractivity contribution in [2.45, 2.75) is 11.4 Å². The molecule has 3 nitrogen and oxygen atoms in total. The van der Waals surface area contributed by atoms with E-state index in [9.17, 15) is 4.79 Å². The van der Waals surface area contributed by atoms with Crippen LogP contribution in [0.25, 0.3) is 0 Å². The minimum atomic E-state index is -0.290. The second-order valence-electron chi connectivity index (χ2n) is 3.92. The quantitative estimate of drug-likeness (QED) is 0.737. The summed E-state index contributed by atoms with van der Waals surface area (Å²) >= 11 is 10.3. The molecular formula is C14H13ClN2OS. The summed E-state index contributed by atoms with van der Waals surface area (Å²) in [7, 11) is 0. The smallest absolute Gasteiger partial charge is 0.319 e. The maximum Gasteiger partial charge on any atom is 0.319 e. The van der Waals surface area contributed by atoms with Crippen LogP contribution in [0.1, 0.15) is 5.56 Å². The number of anilines is 1. The third-order valence-electron chi connectivity index (χ3n) is 2.55.